The van der Waals surface area contributed by atoms with Crippen LogP contribution in [-0.2, 0) is 5.41 Å². The summed E-state index contributed by atoms with van der Waals surface area (Å²) in [5, 5.41) is 6.76. The van der Waals surface area contributed by atoms with Crippen molar-refractivity contribution in [2.75, 3.05) is 62.6 Å². The molecule has 0 aliphatic carbocycles. The monoisotopic (exact) mass is 587 g/mol. The van der Waals surface area contributed by atoms with Crippen LogP contribution in [0.15, 0.2) is 66.7 Å². The molecule has 2 heterocycles. The number of hydrogen-bond donors (Lipinski definition) is 2. The van der Waals surface area contributed by atoms with E-state index in [-0.39, 0.29) is 23.1 Å². The molecule has 0 bridgehead atoms. The largest absolute Gasteiger partial charge is 0.366 e. The fraction of sp³-hybridized carbons (Fsp3) is 0.364. The van der Waals surface area contributed by atoms with Gasteiger partial charge >= 0.3 is 0 Å². The first kappa shape index (κ1) is 29.6. The summed E-state index contributed by atoms with van der Waals surface area (Å²) in [5.41, 5.74) is 4.21. The lowest BCUT2D eigenvalue weighted by molar-refractivity contribution is 0.0731. The molecule has 0 aromatic heterocycles. The van der Waals surface area contributed by atoms with Gasteiger partial charge in [0.2, 0.25) is 0 Å². The molecule has 220 valence electrons. The lowest BCUT2D eigenvalue weighted by atomic mass is 9.86. The summed E-state index contributed by atoms with van der Waals surface area (Å²) in [6.45, 7) is 11.5. The van der Waals surface area contributed by atoms with Gasteiger partial charge in [0.1, 0.15) is 0 Å². The standard InChI is InChI=1S/C33H38ClN5O3/c1-33(2,3)26-10-7-23(8-11-26)31(41)39-19-17-37(18-20-39)29-12-9-25(32(42)38-15-13-35-14-16-38)22-28(29)36-30(40)24-5-4-6-27(34)21-24/h4-12,21-22,35H,13-20H2,1-3H3,(H,36,40). The highest BCUT2D eigenvalue weighted by molar-refractivity contribution is 6.31. The summed E-state index contributed by atoms with van der Waals surface area (Å²) in [5.74, 6) is -0.353. The van der Waals surface area contributed by atoms with E-state index in [0.717, 1.165) is 18.8 Å². The minimum Gasteiger partial charge on any atom is -0.366 e. The molecule has 2 N–H and O–H groups in total. The zero-order valence-corrected chi connectivity index (χ0v) is 25.2. The molecule has 0 atom stereocenters. The van der Waals surface area contributed by atoms with E-state index in [0.29, 0.717) is 66.7 Å². The van der Waals surface area contributed by atoms with E-state index in [1.807, 2.05) is 46.2 Å². The summed E-state index contributed by atoms with van der Waals surface area (Å²) in [4.78, 5) is 45.6. The third-order valence-electron chi connectivity index (χ3n) is 7.89. The molecule has 2 aliphatic rings. The molecule has 0 unspecified atom stereocenters. The van der Waals surface area contributed by atoms with E-state index >= 15 is 0 Å². The number of amides is 3. The average Bonchev–Trinajstić information content (AvgIpc) is 3.00. The molecule has 9 heteroatoms. The van der Waals surface area contributed by atoms with E-state index in [1.54, 1.807) is 30.3 Å². The molecule has 2 saturated heterocycles. The van der Waals surface area contributed by atoms with E-state index in [4.69, 9.17) is 11.6 Å². The first-order valence-corrected chi connectivity index (χ1v) is 14.8. The Bertz CT molecular complexity index is 1450. The average molecular weight is 588 g/mol. The van der Waals surface area contributed by atoms with Crippen LogP contribution in [0.3, 0.4) is 0 Å². The van der Waals surface area contributed by atoms with Crippen LogP contribution in [-0.4, -0.2) is 79.9 Å². The van der Waals surface area contributed by atoms with Crippen molar-refractivity contribution in [3.8, 4) is 0 Å². The third-order valence-corrected chi connectivity index (χ3v) is 8.12. The number of carbonyl (C=O) groups is 3. The number of anilines is 2. The van der Waals surface area contributed by atoms with Crippen LogP contribution in [0.2, 0.25) is 5.02 Å². The van der Waals surface area contributed by atoms with E-state index in [9.17, 15) is 14.4 Å². The van der Waals surface area contributed by atoms with Gasteiger partial charge in [-0.3, -0.25) is 14.4 Å². The predicted octanol–water partition coefficient (Wildman–Crippen LogP) is 4.90. The van der Waals surface area contributed by atoms with E-state index in [2.05, 4.69) is 36.3 Å². The number of halogens is 1. The molecule has 2 aliphatic heterocycles. The normalized spacial score (nSPS) is 15.9. The summed E-state index contributed by atoms with van der Waals surface area (Å²) in [6, 6.07) is 20.1. The van der Waals surface area contributed by atoms with Gasteiger partial charge in [0.05, 0.1) is 11.4 Å². The van der Waals surface area contributed by atoms with Gasteiger partial charge in [0, 0.05) is 74.1 Å². The van der Waals surface area contributed by atoms with Gasteiger partial charge in [-0.15, -0.1) is 0 Å². The molecule has 0 spiro atoms. The maximum Gasteiger partial charge on any atom is 0.255 e. The minimum absolute atomic E-state index is 0.0153. The third kappa shape index (κ3) is 6.77. The molecule has 42 heavy (non-hydrogen) atoms. The second kappa shape index (κ2) is 12.5. The maximum atomic E-state index is 13.3. The Kier molecular flexibility index (Phi) is 8.85. The Morgan fingerprint density at radius 2 is 1.36 bits per heavy atom. The van der Waals surface area contributed by atoms with Gasteiger partial charge in [-0.1, -0.05) is 50.6 Å². The highest BCUT2D eigenvalue weighted by Crippen LogP contribution is 2.30. The molecule has 0 radical (unpaired) electrons. The van der Waals surface area contributed by atoms with Gasteiger partial charge < -0.3 is 25.3 Å². The minimum atomic E-state index is -0.307. The SMILES string of the molecule is CC(C)(C)c1ccc(C(=O)N2CCN(c3ccc(C(=O)N4CCNCC4)cc3NC(=O)c3cccc(Cl)c3)CC2)cc1. The van der Waals surface area contributed by atoms with Crippen LogP contribution in [0.5, 0.6) is 0 Å². The maximum absolute atomic E-state index is 13.3. The van der Waals surface area contributed by atoms with Crippen molar-refractivity contribution >= 4 is 40.7 Å². The first-order valence-electron chi connectivity index (χ1n) is 14.5. The zero-order chi connectivity index (χ0) is 29.9. The van der Waals surface area contributed by atoms with Crippen LogP contribution < -0.4 is 15.5 Å². The second-order valence-corrected chi connectivity index (χ2v) is 12.3. The molecule has 3 aromatic carbocycles. The number of piperazine rings is 2. The van der Waals surface area contributed by atoms with Crippen LogP contribution in [0.4, 0.5) is 11.4 Å². The number of nitrogens with zero attached hydrogens (tertiary/aromatic N) is 3. The Balaban J connectivity index is 1.34. The van der Waals surface area contributed by atoms with Crippen LogP contribution in [0, 0.1) is 0 Å². The fourth-order valence-electron chi connectivity index (χ4n) is 5.37. The van der Waals surface area contributed by atoms with Gasteiger partial charge in [0.15, 0.2) is 0 Å². The van der Waals surface area contributed by atoms with Crippen molar-refractivity contribution < 1.29 is 14.4 Å². The molecular formula is C33H38ClN5O3. The van der Waals surface area contributed by atoms with Crippen molar-refractivity contribution in [3.63, 3.8) is 0 Å². The Morgan fingerprint density at radius 1 is 0.738 bits per heavy atom. The van der Waals surface area contributed by atoms with Crippen molar-refractivity contribution in [2.24, 2.45) is 0 Å². The lowest BCUT2D eigenvalue weighted by Gasteiger charge is -2.37. The smallest absolute Gasteiger partial charge is 0.255 e. The van der Waals surface area contributed by atoms with Crippen LogP contribution in [0.25, 0.3) is 0 Å². The van der Waals surface area contributed by atoms with Gasteiger partial charge in [-0.2, -0.15) is 0 Å². The van der Waals surface area contributed by atoms with Gasteiger partial charge in [-0.05, 0) is 59.5 Å². The highest BCUT2D eigenvalue weighted by atomic mass is 35.5. The molecule has 5 rings (SSSR count). The number of nitrogens with one attached hydrogen (secondary N) is 2. The Morgan fingerprint density at radius 3 is 2.00 bits per heavy atom. The Labute approximate surface area is 252 Å². The van der Waals surface area contributed by atoms with Crippen LogP contribution in [0.1, 0.15) is 57.4 Å². The molecule has 8 nitrogen and oxygen atoms in total. The van der Waals surface area contributed by atoms with E-state index in [1.165, 1.54) is 5.56 Å². The summed E-state index contributed by atoms with van der Waals surface area (Å²) < 4.78 is 0. The van der Waals surface area contributed by atoms with Gasteiger partial charge in [0.25, 0.3) is 17.7 Å². The zero-order valence-electron chi connectivity index (χ0n) is 24.5. The lowest BCUT2D eigenvalue weighted by Crippen LogP contribution is -2.49. The summed E-state index contributed by atoms with van der Waals surface area (Å²) >= 11 is 6.13. The molecule has 3 aromatic rings. The van der Waals surface area contributed by atoms with Crippen molar-refractivity contribution in [1.82, 2.24) is 15.1 Å². The number of hydrogen-bond acceptors (Lipinski definition) is 5. The summed E-state index contributed by atoms with van der Waals surface area (Å²) in [6.07, 6.45) is 0. The van der Waals surface area contributed by atoms with Crippen molar-refractivity contribution in [3.05, 3.63) is 94.0 Å². The fourth-order valence-corrected chi connectivity index (χ4v) is 5.56. The molecule has 0 saturated carbocycles. The topological polar surface area (TPSA) is 85.0 Å². The number of rotatable bonds is 5. The highest BCUT2D eigenvalue weighted by Gasteiger charge is 2.26. The van der Waals surface area contributed by atoms with Gasteiger partial charge in [-0.25, -0.2) is 0 Å². The number of carbonyl (C=O) groups excluding carboxylic acids is 3. The quantitative estimate of drug-likeness (QED) is 0.444. The van der Waals surface area contributed by atoms with E-state index < -0.39 is 0 Å². The van der Waals surface area contributed by atoms with Crippen molar-refractivity contribution in [2.45, 2.75) is 26.2 Å². The second-order valence-electron chi connectivity index (χ2n) is 11.8. The predicted molar refractivity (Wildman–Crippen MR) is 168 cm³/mol. The summed E-state index contributed by atoms with van der Waals surface area (Å²) in [7, 11) is 0. The molecular weight excluding hydrogens is 550 g/mol. The molecule has 2 fully saturated rings. The number of benzene rings is 3. The first-order chi connectivity index (χ1) is 20.1. The Hall–Kier alpha value is -3.88. The van der Waals surface area contributed by atoms with Crippen molar-refractivity contribution in [1.29, 1.82) is 0 Å². The van der Waals surface area contributed by atoms with Crippen LogP contribution >= 0.6 is 11.6 Å². The molecule has 3 amide bonds.